The molecule has 1 aromatic carbocycles. The van der Waals surface area contributed by atoms with Gasteiger partial charge in [-0.1, -0.05) is 36.4 Å². The van der Waals surface area contributed by atoms with Gasteiger partial charge in [0.1, 0.15) is 5.82 Å². The highest BCUT2D eigenvalue weighted by Crippen LogP contribution is 2.31. The number of halogens is 1. The summed E-state index contributed by atoms with van der Waals surface area (Å²) in [6, 6.07) is 4.73. The van der Waals surface area contributed by atoms with Gasteiger partial charge in [0, 0.05) is 0 Å². The normalized spacial score (nSPS) is 21.6. The summed E-state index contributed by atoms with van der Waals surface area (Å²) in [5, 5.41) is 0. The van der Waals surface area contributed by atoms with Crippen LogP contribution in [0.1, 0.15) is 25.0 Å². The summed E-state index contributed by atoms with van der Waals surface area (Å²) >= 11 is 0. The first kappa shape index (κ1) is 16.2. The van der Waals surface area contributed by atoms with Crippen molar-refractivity contribution in [2.75, 3.05) is 0 Å². The summed E-state index contributed by atoms with van der Waals surface area (Å²) in [6.45, 7) is 9.72. The van der Waals surface area contributed by atoms with Gasteiger partial charge in [0.15, 0.2) is 5.78 Å². The number of aryl methyl sites for hydroxylation is 1. The fraction of sp³-hybridized carbons (Fsp3) is 0.250. The lowest BCUT2D eigenvalue weighted by atomic mass is 9.79. The molecule has 2 rings (SSSR count). The Hall–Kier alpha value is -2.22. The average Bonchev–Trinajstić information content (AvgIpc) is 2.46. The average molecular weight is 296 g/mol. The Morgan fingerprint density at radius 3 is 2.73 bits per heavy atom. The largest absolute Gasteiger partial charge is 0.294 e. The zero-order valence-electron chi connectivity index (χ0n) is 13.3. The molecule has 22 heavy (non-hydrogen) atoms. The molecule has 0 saturated heterocycles. The molecule has 114 valence electrons. The molecule has 0 spiro atoms. The number of hydrogen-bond donors (Lipinski definition) is 0. The van der Waals surface area contributed by atoms with Crippen molar-refractivity contribution in [2.24, 2.45) is 5.92 Å². The van der Waals surface area contributed by atoms with Gasteiger partial charge in [0.05, 0.1) is 5.92 Å². The third-order valence-corrected chi connectivity index (χ3v) is 3.93. The van der Waals surface area contributed by atoms with E-state index in [1.807, 2.05) is 39.0 Å². The topological polar surface area (TPSA) is 17.1 Å². The molecule has 0 fully saturated rings. The predicted octanol–water partition coefficient (Wildman–Crippen LogP) is 4.88. The van der Waals surface area contributed by atoms with E-state index in [1.54, 1.807) is 12.1 Å². The number of allylic oxidation sites excluding steroid dienone is 7. The number of carbonyl (C=O) groups excluding carboxylic acids is 1. The summed E-state index contributed by atoms with van der Waals surface area (Å²) in [5.41, 5.74) is 4.77. The van der Waals surface area contributed by atoms with Crippen molar-refractivity contribution in [3.8, 4) is 0 Å². The van der Waals surface area contributed by atoms with Crippen LogP contribution in [0.2, 0.25) is 0 Å². The number of carbonyl (C=O) groups is 1. The Bertz CT molecular complexity index is 704. The first-order valence-electron chi connectivity index (χ1n) is 7.43. The van der Waals surface area contributed by atoms with Crippen LogP contribution >= 0.6 is 0 Å². The standard InChI is InChI=1S/C20H21FO/c1-5-15-7-9-20(22)19(18(15)10-13(2)3)12-16-11-17(21)8-6-14(16)4/h5-11,19H,2,12H2,1,3-4H3/b15-5?,18-10+. The van der Waals surface area contributed by atoms with Gasteiger partial charge in [-0.25, -0.2) is 4.39 Å². The minimum absolute atomic E-state index is 0.0572. The fourth-order valence-electron chi connectivity index (χ4n) is 2.74. The second-order valence-electron chi connectivity index (χ2n) is 5.75. The Morgan fingerprint density at radius 1 is 1.36 bits per heavy atom. The molecule has 0 aliphatic heterocycles. The molecule has 1 nitrogen and oxygen atoms in total. The molecule has 0 amide bonds. The summed E-state index contributed by atoms with van der Waals surface area (Å²) in [5.74, 6) is -0.494. The summed E-state index contributed by atoms with van der Waals surface area (Å²) in [4.78, 5) is 12.4. The van der Waals surface area contributed by atoms with Crippen LogP contribution in [0.5, 0.6) is 0 Å². The van der Waals surface area contributed by atoms with Crippen LogP contribution in [0.4, 0.5) is 4.39 Å². The molecule has 1 aliphatic rings. The van der Waals surface area contributed by atoms with E-state index < -0.39 is 0 Å². The molecular formula is C20H21FO. The predicted molar refractivity (Wildman–Crippen MR) is 89.1 cm³/mol. The number of hydrogen-bond acceptors (Lipinski definition) is 1. The van der Waals surface area contributed by atoms with Crippen LogP contribution in [0.25, 0.3) is 0 Å². The number of rotatable bonds is 3. The zero-order chi connectivity index (χ0) is 16.3. The molecule has 1 atom stereocenters. The van der Waals surface area contributed by atoms with Crippen LogP contribution in [0.3, 0.4) is 0 Å². The molecule has 0 heterocycles. The van der Waals surface area contributed by atoms with E-state index in [9.17, 15) is 9.18 Å². The SMILES string of the molecule is C=C(C)/C=C1\C(=CC)C=CC(=O)C1Cc1cc(F)ccc1C. The third kappa shape index (κ3) is 3.51. The second kappa shape index (κ2) is 6.69. The van der Waals surface area contributed by atoms with E-state index in [2.05, 4.69) is 6.58 Å². The lowest BCUT2D eigenvalue weighted by Gasteiger charge is -2.24. The highest BCUT2D eigenvalue weighted by Gasteiger charge is 2.27. The van der Waals surface area contributed by atoms with Crippen LogP contribution in [-0.4, -0.2) is 5.78 Å². The van der Waals surface area contributed by atoms with Crippen LogP contribution < -0.4 is 0 Å². The molecular weight excluding hydrogens is 275 g/mol. The Labute approximate surface area is 131 Å². The van der Waals surface area contributed by atoms with Crippen molar-refractivity contribution in [3.63, 3.8) is 0 Å². The molecule has 0 bridgehead atoms. The number of benzene rings is 1. The molecule has 0 saturated carbocycles. The van der Waals surface area contributed by atoms with E-state index in [-0.39, 0.29) is 17.5 Å². The van der Waals surface area contributed by atoms with Crippen LogP contribution in [-0.2, 0) is 11.2 Å². The molecule has 2 heteroatoms. The lowest BCUT2D eigenvalue weighted by molar-refractivity contribution is -0.117. The highest BCUT2D eigenvalue weighted by atomic mass is 19.1. The second-order valence-corrected chi connectivity index (χ2v) is 5.75. The van der Waals surface area contributed by atoms with Crippen molar-refractivity contribution in [1.82, 2.24) is 0 Å². The third-order valence-electron chi connectivity index (χ3n) is 3.93. The smallest absolute Gasteiger partial charge is 0.163 e. The van der Waals surface area contributed by atoms with Crippen LogP contribution in [0.15, 0.2) is 65.8 Å². The first-order chi connectivity index (χ1) is 10.4. The summed E-state index contributed by atoms with van der Waals surface area (Å²) in [6.07, 6.45) is 7.90. The van der Waals surface area contributed by atoms with Crippen molar-refractivity contribution >= 4 is 5.78 Å². The van der Waals surface area contributed by atoms with E-state index in [0.29, 0.717) is 6.42 Å². The maximum absolute atomic E-state index is 13.5. The van der Waals surface area contributed by atoms with E-state index in [1.165, 1.54) is 12.1 Å². The molecule has 0 N–H and O–H groups in total. The van der Waals surface area contributed by atoms with E-state index >= 15 is 0 Å². The quantitative estimate of drug-likeness (QED) is 0.777. The van der Waals surface area contributed by atoms with Crippen LogP contribution in [0, 0.1) is 18.7 Å². The monoisotopic (exact) mass is 296 g/mol. The molecule has 1 unspecified atom stereocenters. The summed E-state index contributed by atoms with van der Waals surface area (Å²) in [7, 11) is 0. The summed E-state index contributed by atoms with van der Waals surface area (Å²) < 4.78 is 13.5. The minimum Gasteiger partial charge on any atom is -0.294 e. The van der Waals surface area contributed by atoms with Gasteiger partial charge in [-0.3, -0.25) is 4.79 Å². The van der Waals surface area contributed by atoms with Gasteiger partial charge in [-0.2, -0.15) is 0 Å². The van der Waals surface area contributed by atoms with Crippen molar-refractivity contribution < 1.29 is 9.18 Å². The first-order valence-corrected chi connectivity index (χ1v) is 7.43. The molecule has 1 aromatic rings. The molecule has 0 aromatic heterocycles. The lowest BCUT2D eigenvalue weighted by Crippen LogP contribution is -2.22. The van der Waals surface area contributed by atoms with Crippen molar-refractivity contribution in [2.45, 2.75) is 27.2 Å². The Morgan fingerprint density at radius 2 is 2.09 bits per heavy atom. The van der Waals surface area contributed by atoms with Crippen molar-refractivity contribution in [3.05, 3.63) is 82.7 Å². The highest BCUT2D eigenvalue weighted by molar-refractivity contribution is 5.97. The van der Waals surface area contributed by atoms with Gasteiger partial charge in [-0.15, -0.1) is 0 Å². The van der Waals surface area contributed by atoms with Crippen molar-refractivity contribution in [1.29, 1.82) is 0 Å². The van der Waals surface area contributed by atoms with Gasteiger partial charge >= 0.3 is 0 Å². The molecule has 1 aliphatic carbocycles. The van der Waals surface area contributed by atoms with E-state index in [0.717, 1.165) is 27.8 Å². The van der Waals surface area contributed by atoms with E-state index in [4.69, 9.17) is 0 Å². The van der Waals surface area contributed by atoms with Gasteiger partial charge < -0.3 is 0 Å². The maximum atomic E-state index is 13.5. The Kier molecular flexibility index (Phi) is 4.92. The Balaban J connectivity index is 2.46. The van der Waals surface area contributed by atoms with Gasteiger partial charge in [0.2, 0.25) is 0 Å². The molecule has 0 radical (unpaired) electrons. The number of ketones is 1. The minimum atomic E-state index is -0.284. The zero-order valence-corrected chi connectivity index (χ0v) is 13.3. The van der Waals surface area contributed by atoms with Gasteiger partial charge in [0.25, 0.3) is 0 Å². The maximum Gasteiger partial charge on any atom is 0.163 e. The van der Waals surface area contributed by atoms with Gasteiger partial charge in [-0.05, 0) is 67.7 Å². The fourth-order valence-corrected chi connectivity index (χ4v) is 2.74.